The molecule has 0 saturated heterocycles. The minimum Gasteiger partial charge on any atom is -0.354 e. The van der Waals surface area contributed by atoms with Crippen molar-refractivity contribution in [1.82, 2.24) is 5.06 Å². The van der Waals surface area contributed by atoms with Crippen LogP contribution in [0.4, 0.5) is 0 Å². The van der Waals surface area contributed by atoms with Crippen molar-refractivity contribution in [3.63, 3.8) is 0 Å². The van der Waals surface area contributed by atoms with E-state index in [9.17, 15) is 8.42 Å². The van der Waals surface area contributed by atoms with Gasteiger partial charge in [0.05, 0.1) is 6.54 Å². The summed E-state index contributed by atoms with van der Waals surface area (Å²) in [6.07, 6.45) is -0.495. The quantitative estimate of drug-likeness (QED) is 0.336. The van der Waals surface area contributed by atoms with Crippen LogP contribution in [0.5, 0.6) is 0 Å². The molecule has 0 aliphatic rings. The molecule has 0 amide bonds. The second kappa shape index (κ2) is 6.32. The van der Waals surface area contributed by atoms with Gasteiger partial charge < -0.3 is 9.47 Å². The van der Waals surface area contributed by atoms with Crippen LogP contribution in [0.15, 0.2) is 0 Å². The van der Waals surface area contributed by atoms with Crippen molar-refractivity contribution >= 4 is 11.0 Å². The smallest absolute Gasteiger partial charge is 0.273 e. The van der Waals surface area contributed by atoms with Crippen LogP contribution in [0, 0.1) is 0 Å². The molecule has 0 aromatic rings. The first-order valence-electron chi connectivity index (χ1n) is 3.19. The van der Waals surface area contributed by atoms with Gasteiger partial charge in [-0.25, -0.2) is 8.42 Å². The minimum absolute atomic E-state index is 0.219. The maximum Gasteiger partial charge on any atom is 0.273 e. The van der Waals surface area contributed by atoms with Gasteiger partial charge in [-0.15, -0.1) is 0 Å². The zero-order valence-corrected chi connectivity index (χ0v) is 8.11. The molecule has 0 radical (unpaired) electrons. The highest BCUT2D eigenvalue weighted by Gasteiger charge is 2.09. The molecule has 0 fully saturated rings. The van der Waals surface area contributed by atoms with E-state index in [4.69, 9.17) is 9.47 Å². The summed E-state index contributed by atoms with van der Waals surface area (Å²) in [5.74, 6) is 0. The monoisotopic (exact) mass is 199 g/mol. The highest BCUT2D eigenvalue weighted by atomic mass is 32.2. The van der Waals surface area contributed by atoms with Crippen LogP contribution in [0.25, 0.3) is 0 Å². The van der Waals surface area contributed by atoms with Gasteiger partial charge in [0.1, 0.15) is 0 Å². The largest absolute Gasteiger partial charge is 0.354 e. The maximum atomic E-state index is 10.1. The summed E-state index contributed by atoms with van der Waals surface area (Å²) in [4.78, 5) is 0. The molecule has 0 aromatic heterocycles. The Kier molecular flexibility index (Phi) is 6.21. The van der Waals surface area contributed by atoms with E-state index in [2.05, 4.69) is 4.28 Å². The molecule has 0 aromatic carbocycles. The van der Waals surface area contributed by atoms with Crippen molar-refractivity contribution < 1.29 is 22.2 Å². The van der Waals surface area contributed by atoms with E-state index >= 15 is 0 Å². The first kappa shape index (κ1) is 11.8. The molecule has 12 heavy (non-hydrogen) atoms. The molecule has 0 aliphatic carbocycles. The summed E-state index contributed by atoms with van der Waals surface area (Å²) < 4.78 is 34.1. The van der Waals surface area contributed by atoms with E-state index in [0.717, 1.165) is 5.06 Å². The second-order valence-corrected chi connectivity index (χ2v) is 2.63. The summed E-state index contributed by atoms with van der Waals surface area (Å²) in [6.45, 7) is 0.219. The summed E-state index contributed by atoms with van der Waals surface area (Å²) in [5.41, 5.74) is 0. The van der Waals surface area contributed by atoms with Crippen molar-refractivity contribution in [3.8, 4) is 0 Å². The fraction of sp³-hybridized carbons (Fsp3) is 1.00. The molecule has 0 bridgehead atoms. The van der Waals surface area contributed by atoms with Gasteiger partial charge in [0.2, 0.25) is 0 Å². The predicted molar refractivity (Wildman–Crippen MR) is 41.8 cm³/mol. The second-order valence-electron chi connectivity index (χ2n) is 2.02. The Labute approximate surface area is 73.1 Å². The van der Waals surface area contributed by atoms with E-state index in [0.29, 0.717) is 0 Å². The topological polar surface area (TPSA) is 65.1 Å². The molecule has 0 atom stereocenters. The Morgan fingerprint density at radius 3 is 2.17 bits per heavy atom. The Morgan fingerprint density at radius 2 is 1.83 bits per heavy atom. The molecule has 0 aliphatic heterocycles. The van der Waals surface area contributed by atoms with Gasteiger partial charge in [-0.3, -0.25) is 0 Å². The van der Waals surface area contributed by atoms with E-state index in [1.165, 1.54) is 21.3 Å². The molecular weight excluding hydrogens is 186 g/mol. The zero-order valence-electron chi connectivity index (χ0n) is 7.22. The average Bonchev–Trinajstić information content (AvgIpc) is 1.98. The first-order chi connectivity index (χ1) is 5.60. The fourth-order valence-electron chi connectivity index (χ4n) is 0.602. The summed E-state index contributed by atoms with van der Waals surface area (Å²) >= 11 is 0. The molecule has 0 N–H and O–H groups in total. The van der Waals surface area contributed by atoms with Crippen LogP contribution in [0.2, 0.25) is 0 Å². The Balaban J connectivity index is 3.73. The van der Waals surface area contributed by atoms with Crippen LogP contribution in [0.1, 0.15) is 0 Å². The maximum absolute atomic E-state index is 10.1. The average molecular weight is 199 g/mol. The van der Waals surface area contributed by atoms with E-state index in [1.807, 2.05) is 0 Å². The number of hydrogen-bond acceptors (Lipinski definition) is 6. The van der Waals surface area contributed by atoms with E-state index < -0.39 is 17.3 Å². The standard InChI is InChI=1S/C5H13NO5S/c1-6(11-12(7)8)4-5(9-2)10-3/h5,12H,4H2,1-3H3. The van der Waals surface area contributed by atoms with Gasteiger partial charge in [0.15, 0.2) is 6.29 Å². The highest BCUT2D eigenvalue weighted by molar-refractivity contribution is 7.67. The number of hydroxylamine groups is 2. The van der Waals surface area contributed by atoms with Gasteiger partial charge in [-0.1, -0.05) is 0 Å². The lowest BCUT2D eigenvalue weighted by Crippen LogP contribution is -2.31. The molecule has 0 heterocycles. The Hall–Kier alpha value is -0.210. The first-order valence-corrected chi connectivity index (χ1v) is 4.29. The molecule has 6 nitrogen and oxygen atoms in total. The molecule has 0 spiro atoms. The van der Waals surface area contributed by atoms with Gasteiger partial charge >= 0.3 is 0 Å². The molecule has 0 rings (SSSR count). The number of likely N-dealkylation sites (N-methyl/N-ethyl adjacent to an activating group) is 1. The molecule has 0 unspecified atom stereocenters. The van der Waals surface area contributed by atoms with Crippen molar-refractivity contribution in [2.45, 2.75) is 6.29 Å². The summed E-state index contributed by atoms with van der Waals surface area (Å²) in [7, 11) is 1.52. The number of methoxy groups -OCH3 is 2. The SMILES string of the molecule is COC(CN(C)O[SH](=O)=O)OC. The lowest BCUT2D eigenvalue weighted by molar-refractivity contribution is -0.153. The van der Waals surface area contributed by atoms with Crippen molar-refractivity contribution in [2.75, 3.05) is 27.8 Å². The van der Waals surface area contributed by atoms with E-state index in [-0.39, 0.29) is 6.54 Å². The van der Waals surface area contributed by atoms with Gasteiger partial charge in [0, 0.05) is 21.3 Å². The van der Waals surface area contributed by atoms with Crippen LogP contribution < -0.4 is 0 Å². The minimum atomic E-state index is -2.87. The Morgan fingerprint density at radius 1 is 1.33 bits per heavy atom. The fourth-order valence-corrected chi connectivity index (χ4v) is 0.897. The molecular formula is C5H13NO5S. The Bertz CT molecular complexity index is 171. The van der Waals surface area contributed by atoms with Crippen LogP contribution in [-0.4, -0.2) is 47.6 Å². The lowest BCUT2D eigenvalue weighted by atomic mass is 10.6. The van der Waals surface area contributed by atoms with Gasteiger partial charge in [0.25, 0.3) is 11.0 Å². The third-order valence-electron chi connectivity index (χ3n) is 1.14. The number of rotatable bonds is 6. The number of ether oxygens (including phenoxy) is 2. The zero-order chi connectivity index (χ0) is 9.56. The third-order valence-corrected chi connectivity index (χ3v) is 1.55. The molecule has 0 saturated carbocycles. The number of nitrogens with zero attached hydrogens (tertiary/aromatic N) is 1. The van der Waals surface area contributed by atoms with Gasteiger partial charge in [-0.05, 0) is 0 Å². The van der Waals surface area contributed by atoms with Crippen molar-refractivity contribution in [3.05, 3.63) is 0 Å². The number of hydrogen-bond donors (Lipinski definition) is 1. The predicted octanol–water partition coefficient (Wildman–Crippen LogP) is -1.00. The van der Waals surface area contributed by atoms with Crippen LogP contribution in [0.3, 0.4) is 0 Å². The highest BCUT2D eigenvalue weighted by Crippen LogP contribution is 1.94. The summed E-state index contributed by atoms with van der Waals surface area (Å²) in [6, 6.07) is 0. The molecule has 7 heteroatoms. The van der Waals surface area contributed by atoms with Crippen LogP contribution in [-0.2, 0) is 24.7 Å². The normalized spacial score (nSPS) is 11.8. The van der Waals surface area contributed by atoms with Gasteiger partial charge in [-0.2, -0.15) is 9.35 Å². The van der Waals surface area contributed by atoms with Crippen molar-refractivity contribution in [2.24, 2.45) is 0 Å². The third kappa shape index (κ3) is 5.44. The van der Waals surface area contributed by atoms with Crippen molar-refractivity contribution in [1.29, 1.82) is 0 Å². The lowest BCUT2D eigenvalue weighted by Gasteiger charge is -2.18. The number of thiol groups is 1. The summed E-state index contributed by atoms with van der Waals surface area (Å²) in [5, 5.41) is 1.11. The van der Waals surface area contributed by atoms with E-state index in [1.54, 1.807) is 0 Å². The van der Waals surface area contributed by atoms with Crippen LogP contribution >= 0.6 is 0 Å². The molecule has 74 valence electrons.